The van der Waals surface area contributed by atoms with Crippen LogP contribution in [0.25, 0.3) is 0 Å². The Morgan fingerprint density at radius 1 is 1.12 bits per heavy atom. The summed E-state index contributed by atoms with van der Waals surface area (Å²) in [6.45, 7) is 1.50. The standard InChI is InChI=1S/C12H16N4S/c13-8-6-11-15-16-12(17-11)14-9-7-10-4-2-1-3-5-10/h1-5H,6-9,13H2,(H,14,16). The third-order valence-electron chi connectivity index (χ3n) is 2.36. The van der Waals surface area contributed by atoms with Crippen LogP contribution in [-0.4, -0.2) is 23.3 Å². The van der Waals surface area contributed by atoms with Gasteiger partial charge in [0.15, 0.2) is 0 Å². The molecule has 0 bridgehead atoms. The van der Waals surface area contributed by atoms with Crippen LogP contribution in [0, 0.1) is 0 Å². The average molecular weight is 248 g/mol. The molecule has 4 nitrogen and oxygen atoms in total. The van der Waals surface area contributed by atoms with E-state index in [1.54, 1.807) is 11.3 Å². The van der Waals surface area contributed by atoms with E-state index >= 15 is 0 Å². The van der Waals surface area contributed by atoms with Gasteiger partial charge in [-0.05, 0) is 18.5 Å². The predicted molar refractivity (Wildman–Crippen MR) is 71.3 cm³/mol. The van der Waals surface area contributed by atoms with Crippen molar-refractivity contribution in [3.05, 3.63) is 40.9 Å². The van der Waals surface area contributed by atoms with Crippen LogP contribution in [0.5, 0.6) is 0 Å². The lowest BCUT2D eigenvalue weighted by Gasteiger charge is -2.01. The molecule has 90 valence electrons. The number of hydrogen-bond acceptors (Lipinski definition) is 5. The first-order valence-corrected chi connectivity index (χ1v) is 6.50. The van der Waals surface area contributed by atoms with Gasteiger partial charge >= 0.3 is 0 Å². The van der Waals surface area contributed by atoms with Crippen LogP contribution in [0.15, 0.2) is 30.3 Å². The zero-order valence-electron chi connectivity index (χ0n) is 9.60. The molecule has 0 fully saturated rings. The van der Waals surface area contributed by atoms with Gasteiger partial charge in [-0.3, -0.25) is 0 Å². The van der Waals surface area contributed by atoms with Crippen LogP contribution in [0.4, 0.5) is 5.13 Å². The normalized spacial score (nSPS) is 10.4. The molecule has 0 aliphatic carbocycles. The highest BCUT2D eigenvalue weighted by atomic mass is 32.1. The highest BCUT2D eigenvalue weighted by Crippen LogP contribution is 2.15. The number of nitrogens with two attached hydrogens (primary N) is 1. The monoisotopic (exact) mass is 248 g/mol. The van der Waals surface area contributed by atoms with Crippen molar-refractivity contribution in [3.63, 3.8) is 0 Å². The molecular formula is C12H16N4S. The van der Waals surface area contributed by atoms with Gasteiger partial charge in [0.1, 0.15) is 5.01 Å². The van der Waals surface area contributed by atoms with Crippen LogP contribution in [0.3, 0.4) is 0 Å². The molecule has 0 unspecified atom stereocenters. The van der Waals surface area contributed by atoms with Crippen molar-refractivity contribution in [2.24, 2.45) is 5.73 Å². The Balaban J connectivity index is 1.78. The molecule has 17 heavy (non-hydrogen) atoms. The van der Waals surface area contributed by atoms with Gasteiger partial charge in [0.2, 0.25) is 5.13 Å². The highest BCUT2D eigenvalue weighted by molar-refractivity contribution is 7.15. The molecule has 5 heteroatoms. The van der Waals surface area contributed by atoms with Crippen molar-refractivity contribution in [3.8, 4) is 0 Å². The summed E-state index contributed by atoms with van der Waals surface area (Å²) < 4.78 is 0. The number of hydrogen-bond donors (Lipinski definition) is 2. The fourth-order valence-electron chi connectivity index (χ4n) is 1.51. The Labute approximate surface area is 105 Å². The lowest BCUT2D eigenvalue weighted by atomic mass is 10.2. The lowest BCUT2D eigenvalue weighted by molar-refractivity contribution is 0.909. The van der Waals surface area contributed by atoms with Crippen LogP contribution in [0.1, 0.15) is 10.6 Å². The van der Waals surface area contributed by atoms with Crippen LogP contribution in [0.2, 0.25) is 0 Å². The molecule has 1 heterocycles. The van der Waals surface area contributed by atoms with Gasteiger partial charge in [0, 0.05) is 13.0 Å². The van der Waals surface area contributed by atoms with E-state index in [1.165, 1.54) is 5.56 Å². The van der Waals surface area contributed by atoms with Crippen molar-refractivity contribution in [2.75, 3.05) is 18.4 Å². The minimum atomic E-state index is 0.624. The van der Waals surface area contributed by atoms with E-state index in [0.717, 1.165) is 29.5 Å². The number of nitrogens with one attached hydrogen (secondary N) is 1. The summed E-state index contributed by atoms with van der Waals surface area (Å²) in [5.74, 6) is 0. The van der Waals surface area contributed by atoms with Crippen molar-refractivity contribution < 1.29 is 0 Å². The second-order valence-electron chi connectivity index (χ2n) is 3.70. The Hall–Kier alpha value is -1.46. The molecule has 1 aromatic heterocycles. The minimum Gasteiger partial charge on any atom is -0.360 e. The van der Waals surface area contributed by atoms with E-state index in [2.05, 4.69) is 39.8 Å². The van der Waals surface area contributed by atoms with Crippen molar-refractivity contribution in [2.45, 2.75) is 12.8 Å². The fraction of sp³-hybridized carbons (Fsp3) is 0.333. The maximum atomic E-state index is 5.46. The predicted octanol–water partition coefficient (Wildman–Crippen LogP) is 1.69. The quantitative estimate of drug-likeness (QED) is 0.816. The van der Waals surface area contributed by atoms with Gasteiger partial charge in [0.25, 0.3) is 0 Å². The summed E-state index contributed by atoms with van der Waals surface area (Å²) in [4.78, 5) is 0. The third-order valence-corrected chi connectivity index (χ3v) is 3.30. The zero-order valence-corrected chi connectivity index (χ0v) is 10.4. The summed E-state index contributed by atoms with van der Waals surface area (Å²) >= 11 is 1.58. The summed E-state index contributed by atoms with van der Waals surface area (Å²) in [7, 11) is 0. The molecule has 0 radical (unpaired) electrons. The molecule has 3 N–H and O–H groups in total. The van der Waals surface area contributed by atoms with E-state index in [4.69, 9.17) is 5.73 Å². The van der Waals surface area contributed by atoms with Crippen LogP contribution >= 0.6 is 11.3 Å². The molecule has 0 amide bonds. The Morgan fingerprint density at radius 2 is 1.94 bits per heavy atom. The molecule has 0 aliphatic rings. The Morgan fingerprint density at radius 3 is 2.71 bits per heavy atom. The first-order valence-electron chi connectivity index (χ1n) is 5.69. The zero-order chi connectivity index (χ0) is 11.9. The molecular weight excluding hydrogens is 232 g/mol. The van der Waals surface area contributed by atoms with E-state index < -0.39 is 0 Å². The maximum Gasteiger partial charge on any atom is 0.205 e. The van der Waals surface area contributed by atoms with Crippen LogP contribution in [-0.2, 0) is 12.8 Å². The Kier molecular flexibility index (Phi) is 4.46. The summed E-state index contributed by atoms with van der Waals surface area (Å²) in [5, 5.41) is 13.3. The first kappa shape index (κ1) is 12.0. The molecule has 2 aromatic rings. The molecule has 1 aromatic carbocycles. The average Bonchev–Trinajstić information content (AvgIpc) is 2.79. The largest absolute Gasteiger partial charge is 0.360 e. The molecule has 0 aliphatic heterocycles. The van der Waals surface area contributed by atoms with Gasteiger partial charge in [-0.25, -0.2) is 0 Å². The van der Waals surface area contributed by atoms with E-state index in [-0.39, 0.29) is 0 Å². The van der Waals surface area contributed by atoms with Gasteiger partial charge in [0.05, 0.1) is 0 Å². The summed E-state index contributed by atoms with van der Waals surface area (Å²) in [6, 6.07) is 10.4. The van der Waals surface area contributed by atoms with E-state index in [1.807, 2.05) is 6.07 Å². The van der Waals surface area contributed by atoms with E-state index in [0.29, 0.717) is 6.54 Å². The summed E-state index contributed by atoms with van der Waals surface area (Å²) in [5.41, 5.74) is 6.79. The molecule has 0 saturated heterocycles. The van der Waals surface area contributed by atoms with Gasteiger partial charge in [-0.2, -0.15) is 0 Å². The van der Waals surface area contributed by atoms with Crippen molar-refractivity contribution >= 4 is 16.5 Å². The summed E-state index contributed by atoms with van der Waals surface area (Å²) in [6.07, 6.45) is 1.80. The fourth-order valence-corrected chi connectivity index (χ4v) is 2.29. The van der Waals surface area contributed by atoms with E-state index in [9.17, 15) is 0 Å². The van der Waals surface area contributed by atoms with Crippen LogP contribution < -0.4 is 11.1 Å². The molecule has 0 spiro atoms. The second-order valence-corrected chi connectivity index (χ2v) is 4.76. The minimum absolute atomic E-state index is 0.624. The maximum absolute atomic E-state index is 5.46. The number of aromatic nitrogens is 2. The number of anilines is 1. The number of nitrogens with zero attached hydrogens (tertiary/aromatic N) is 2. The molecule has 2 rings (SSSR count). The smallest absolute Gasteiger partial charge is 0.205 e. The van der Waals surface area contributed by atoms with Crippen molar-refractivity contribution in [1.82, 2.24) is 10.2 Å². The topological polar surface area (TPSA) is 63.8 Å². The van der Waals surface area contributed by atoms with Crippen molar-refractivity contribution in [1.29, 1.82) is 0 Å². The lowest BCUT2D eigenvalue weighted by Crippen LogP contribution is -2.04. The van der Waals surface area contributed by atoms with Gasteiger partial charge < -0.3 is 11.1 Å². The molecule has 0 saturated carbocycles. The SMILES string of the molecule is NCCc1nnc(NCCc2ccccc2)s1. The number of rotatable bonds is 6. The molecule has 0 atom stereocenters. The third kappa shape index (κ3) is 3.80. The Bertz CT molecular complexity index is 441. The number of benzene rings is 1. The first-order chi connectivity index (χ1) is 8.38. The highest BCUT2D eigenvalue weighted by Gasteiger charge is 2.02. The second kappa shape index (κ2) is 6.32. The van der Waals surface area contributed by atoms with Gasteiger partial charge in [-0.15, -0.1) is 10.2 Å². The van der Waals surface area contributed by atoms with Gasteiger partial charge in [-0.1, -0.05) is 41.7 Å².